The zero-order chi connectivity index (χ0) is 17.7. The Hall–Kier alpha value is -3.68. The molecule has 0 bridgehead atoms. The van der Waals surface area contributed by atoms with Crippen molar-refractivity contribution in [2.24, 2.45) is 0 Å². The van der Waals surface area contributed by atoms with Gasteiger partial charge in [-0.25, -0.2) is 14.5 Å². The van der Waals surface area contributed by atoms with E-state index in [9.17, 15) is 9.59 Å². The molecule has 0 saturated carbocycles. The molecule has 0 saturated heterocycles. The summed E-state index contributed by atoms with van der Waals surface area (Å²) in [6.07, 6.45) is 3.44. The lowest BCUT2D eigenvalue weighted by Crippen LogP contribution is -2.23. The first-order valence-electron chi connectivity index (χ1n) is 8.09. The second-order valence-corrected chi connectivity index (χ2v) is 6.19. The van der Waals surface area contributed by atoms with Crippen molar-refractivity contribution >= 4 is 22.7 Å². The summed E-state index contributed by atoms with van der Waals surface area (Å²) in [6, 6.07) is 11.4. The molecular weight excluding hydrogens is 334 g/mol. The van der Waals surface area contributed by atoms with Gasteiger partial charge in [-0.3, -0.25) is 9.78 Å². The van der Waals surface area contributed by atoms with Crippen LogP contribution in [0.2, 0.25) is 0 Å². The van der Waals surface area contributed by atoms with Crippen molar-refractivity contribution in [1.82, 2.24) is 19.7 Å². The van der Waals surface area contributed by atoms with Crippen LogP contribution >= 0.6 is 0 Å². The fourth-order valence-corrected chi connectivity index (χ4v) is 3.41. The monoisotopic (exact) mass is 347 g/mol. The van der Waals surface area contributed by atoms with E-state index in [4.69, 9.17) is 4.42 Å². The molecule has 2 N–H and O–H groups in total. The smallest absolute Gasteiger partial charge is 0.408 e. The average Bonchev–Trinajstić information content (AvgIpc) is 3.28. The molecule has 1 amide bonds. The number of carbonyl (C=O) groups is 1. The van der Waals surface area contributed by atoms with Crippen LogP contribution in [0.3, 0.4) is 0 Å². The number of oxazole rings is 1. The van der Waals surface area contributed by atoms with Crippen LogP contribution in [0.15, 0.2) is 58.3 Å². The third-order valence-corrected chi connectivity index (χ3v) is 4.61. The third-order valence-electron chi connectivity index (χ3n) is 4.61. The highest BCUT2D eigenvalue weighted by Crippen LogP contribution is 2.39. The molecule has 4 aromatic rings. The van der Waals surface area contributed by atoms with Crippen LogP contribution in [0.1, 0.15) is 23.5 Å². The van der Waals surface area contributed by atoms with Crippen LogP contribution in [0.25, 0.3) is 16.8 Å². The molecular formula is C18H13N5O3. The second kappa shape index (κ2) is 5.41. The lowest BCUT2D eigenvalue weighted by atomic mass is 9.84. The molecule has 0 unspecified atom stereocenters. The molecule has 26 heavy (non-hydrogen) atoms. The van der Waals surface area contributed by atoms with Gasteiger partial charge in [-0.2, -0.15) is 5.10 Å². The van der Waals surface area contributed by atoms with Gasteiger partial charge < -0.3 is 9.73 Å². The maximum Gasteiger partial charge on any atom is 0.417 e. The predicted octanol–water partition coefficient (Wildman–Crippen LogP) is 2.18. The fraction of sp³-hybridized carbons (Fsp3) is 0.111. The molecule has 2 aromatic heterocycles. The number of aromatic amines is 1. The van der Waals surface area contributed by atoms with Crippen LogP contribution in [-0.2, 0) is 4.79 Å². The maximum atomic E-state index is 12.2. The zero-order valence-corrected chi connectivity index (χ0v) is 13.5. The van der Waals surface area contributed by atoms with E-state index in [0.717, 1.165) is 16.8 Å². The first-order chi connectivity index (χ1) is 12.7. The molecule has 1 atom stereocenters. The number of benzene rings is 2. The van der Waals surface area contributed by atoms with Crippen LogP contribution in [0.5, 0.6) is 0 Å². The van der Waals surface area contributed by atoms with Gasteiger partial charge in [0.1, 0.15) is 12.7 Å². The zero-order valence-electron chi connectivity index (χ0n) is 13.5. The summed E-state index contributed by atoms with van der Waals surface area (Å²) >= 11 is 0. The van der Waals surface area contributed by atoms with E-state index in [2.05, 4.69) is 20.4 Å². The van der Waals surface area contributed by atoms with Crippen molar-refractivity contribution in [2.75, 3.05) is 5.32 Å². The minimum atomic E-state index is -0.512. The number of hydrogen-bond acceptors (Lipinski definition) is 5. The Morgan fingerprint density at radius 1 is 1.15 bits per heavy atom. The van der Waals surface area contributed by atoms with Gasteiger partial charge >= 0.3 is 5.76 Å². The van der Waals surface area contributed by atoms with Crippen molar-refractivity contribution in [3.63, 3.8) is 0 Å². The summed E-state index contributed by atoms with van der Waals surface area (Å²) in [5.41, 5.74) is 4.56. The number of anilines is 1. The minimum Gasteiger partial charge on any atom is -0.408 e. The highest BCUT2D eigenvalue weighted by atomic mass is 16.4. The van der Waals surface area contributed by atoms with E-state index in [0.29, 0.717) is 23.2 Å². The number of rotatable bonds is 2. The molecule has 0 fully saturated rings. The molecule has 8 nitrogen and oxygen atoms in total. The Bertz CT molecular complexity index is 1170. The van der Waals surface area contributed by atoms with Gasteiger partial charge in [0, 0.05) is 24.1 Å². The molecule has 1 aliphatic heterocycles. The third kappa shape index (κ3) is 2.31. The number of fused-ring (bicyclic) bond motifs is 2. The van der Waals surface area contributed by atoms with Crippen molar-refractivity contribution in [1.29, 1.82) is 0 Å². The molecule has 0 spiro atoms. The number of nitrogens with zero attached hydrogens (tertiary/aromatic N) is 3. The van der Waals surface area contributed by atoms with Crippen LogP contribution in [-0.4, -0.2) is 25.7 Å². The Kier molecular flexibility index (Phi) is 3.05. The summed E-state index contributed by atoms with van der Waals surface area (Å²) in [4.78, 5) is 30.2. The van der Waals surface area contributed by atoms with E-state index in [1.165, 1.54) is 6.33 Å². The standard InChI is InChI=1S/C18H13N5O3/c24-17-6-12(10-1-3-11(4-2-10)23-9-19-8-20-23)13-5-15-16(7-14(13)21-17)26-18(25)22-15/h1-5,7-9,12H,6H2,(H,21,24)(H,22,25)/t12-/m1/s1. The lowest BCUT2D eigenvalue weighted by molar-refractivity contribution is -0.116. The highest BCUT2D eigenvalue weighted by molar-refractivity contribution is 5.97. The second-order valence-electron chi connectivity index (χ2n) is 6.19. The van der Waals surface area contributed by atoms with Crippen LogP contribution in [0, 0.1) is 0 Å². The van der Waals surface area contributed by atoms with Crippen molar-refractivity contribution in [2.45, 2.75) is 12.3 Å². The number of aromatic nitrogens is 4. The summed E-state index contributed by atoms with van der Waals surface area (Å²) in [5.74, 6) is -0.686. The Morgan fingerprint density at radius 2 is 2.00 bits per heavy atom. The van der Waals surface area contributed by atoms with E-state index >= 15 is 0 Å². The molecule has 0 aliphatic carbocycles. The van der Waals surface area contributed by atoms with Gasteiger partial charge in [0.15, 0.2) is 5.58 Å². The van der Waals surface area contributed by atoms with E-state index in [-0.39, 0.29) is 11.8 Å². The van der Waals surface area contributed by atoms with Crippen LogP contribution < -0.4 is 11.1 Å². The molecule has 3 heterocycles. The molecule has 2 aromatic carbocycles. The van der Waals surface area contributed by atoms with Gasteiger partial charge in [-0.15, -0.1) is 0 Å². The highest BCUT2D eigenvalue weighted by Gasteiger charge is 2.27. The topological polar surface area (TPSA) is 106 Å². The lowest BCUT2D eigenvalue weighted by Gasteiger charge is -2.26. The first kappa shape index (κ1) is 14.6. The van der Waals surface area contributed by atoms with E-state index < -0.39 is 5.76 Å². The number of carbonyl (C=O) groups excluding carboxylic acids is 1. The fourth-order valence-electron chi connectivity index (χ4n) is 3.41. The summed E-state index contributed by atoms with van der Waals surface area (Å²) in [5, 5.41) is 6.97. The molecule has 8 heteroatoms. The van der Waals surface area contributed by atoms with Crippen molar-refractivity contribution in [3.05, 3.63) is 70.7 Å². The number of H-pyrrole nitrogens is 1. The van der Waals surface area contributed by atoms with Gasteiger partial charge in [-0.1, -0.05) is 12.1 Å². The predicted molar refractivity (Wildman–Crippen MR) is 93.3 cm³/mol. The van der Waals surface area contributed by atoms with Crippen molar-refractivity contribution in [3.8, 4) is 5.69 Å². The number of nitrogens with one attached hydrogen (secondary N) is 2. The summed E-state index contributed by atoms with van der Waals surface area (Å²) in [7, 11) is 0. The Balaban J connectivity index is 1.60. The quantitative estimate of drug-likeness (QED) is 0.578. The Morgan fingerprint density at radius 3 is 2.77 bits per heavy atom. The van der Waals surface area contributed by atoms with E-state index in [1.54, 1.807) is 17.1 Å². The maximum absolute atomic E-state index is 12.2. The van der Waals surface area contributed by atoms with Crippen molar-refractivity contribution < 1.29 is 9.21 Å². The normalized spacial score (nSPS) is 16.5. The number of hydrogen-bond donors (Lipinski definition) is 2. The van der Waals surface area contributed by atoms with E-state index in [1.807, 2.05) is 30.3 Å². The molecule has 128 valence electrons. The summed E-state index contributed by atoms with van der Waals surface area (Å²) < 4.78 is 6.76. The minimum absolute atomic E-state index is 0.0694. The summed E-state index contributed by atoms with van der Waals surface area (Å²) in [6.45, 7) is 0. The molecule has 1 aliphatic rings. The largest absolute Gasteiger partial charge is 0.417 e. The van der Waals surface area contributed by atoms with Gasteiger partial charge in [0.05, 0.1) is 11.2 Å². The molecule has 0 radical (unpaired) electrons. The van der Waals surface area contributed by atoms with Gasteiger partial charge in [0.25, 0.3) is 0 Å². The SMILES string of the molecule is O=C1C[C@H](c2ccc(-n3cncn3)cc2)c2cc3[nH]c(=O)oc3cc2N1. The molecule has 5 rings (SSSR count). The van der Waals surface area contributed by atoms with Crippen LogP contribution in [0.4, 0.5) is 5.69 Å². The number of amides is 1. The average molecular weight is 347 g/mol. The Labute approximate surface area is 146 Å². The van der Waals surface area contributed by atoms with Gasteiger partial charge in [0.2, 0.25) is 5.91 Å². The van der Waals surface area contributed by atoms with Gasteiger partial charge in [-0.05, 0) is 29.3 Å². The first-order valence-corrected chi connectivity index (χ1v) is 8.09.